The van der Waals surface area contributed by atoms with E-state index in [1.165, 1.54) is 6.07 Å². The standard InChI is InChI=1S/C12H12N2O3/c1-8-3-2-4-9(14-8)7-13-11-6-5-10(17-11)12(15)16/h2-6,13H,7H2,1H3,(H,15,16). The van der Waals surface area contributed by atoms with Crippen LogP contribution in [-0.4, -0.2) is 16.1 Å². The molecule has 5 heteroatoms. The molecule has 0 radical (unpaired) electrons. The van der Waals surface area contributed by atoms with Crippen LogP contribution >= 0.6 is 0 Å². The van der Waals surface area contributed by atoms with Crippen molar-refractivity contribution in [1.82, 2.24) is 4.98 Å². The number of rotatable bonds is 4. The lowest BCUT2D eigenvalue weighted by Gasteiger charge is -2.02. The zero-order chi connectivity index (χ0) is 12.3. The number of nitrogens with one attached hydrogen (secondary N) is 1. The summed E-state index contributed by atoms with van der Waals surface area (Å²) in [6.45, 7) is 2.41. The first-order chi connectivity index (χ1) is 8.15. The summed E-state index contributed by atoms with van der Waals surface area (Å²) >= 11 is 0. The van der Waals surface area contributed by atoms with Crippen LogP contribution in [0.5, 0.6) is 0 Å². The molecule has 17 heavy (non-hydrogen) atoms. The van der Waals surface area contributed by atoms with Gasteiger partial charge in [0.15, 0.2) is 5.88 Å². The summed E-state index contributed by atoms with van der Waals surface area (Å²) in [6, 6.07) is 8.72. The summed E-state index contributed by atoms with van der Waals surface area (Å²) in [5.41, 5.74) is 1.81. The van der Waals surface area contributed by atoms with Crippen LogP contribution in [0.25, 0.3) is 0 Å². The molecule has 0 saturated carbocycles. The van der Waals surface area contributed by atoms with E-state index in [-0.39, 0.29) is 5.76 Å². The molecule has 2 heterocycles. The van der Waals surface area contributed by atoms with Crippen LogP contribution in [0.15, 0.2) is 34.7 Å². The third-order valence-corrected chi connectivity index (χ3v) is 2.21. The number of aromatic carboxylic acids is 1. The van der Waals surface area contributed by atoms with E-state index in [2.05, 4.69) is 10.3 Å². The molecule has 0 aliphatic heterocycles. The second-order valence-corrected chi connectivity index (χ2v) is 3.59. The Morgan fingerprint density at radius 2 is 2.24 bits per heavy atom. The maximum atomic E-state index is 10.6. The first-order valence-corrected chi connectivity index (χ1v) is 5.15. The molecule has 2 rings (SSSR count). The van der Waals surface area contributed by atoms with Crippen LogP contribution in [0, 0.1) is 6.92 Å². The SMILES string of the molecule is Cc1cccc(CNc2ccc(C(=O)O)o2)n1. The third kappa shape index (κ3) is 2.84. The average molecular weight is 232 g/mol. The van der Waals surface area contributed by atoms with Gasteiger partial charge in [-0.25, -0.2) is 4.79 Å². The van der Waals surface area contributed by atoms with Crippen molar-refractivity contribution in [2.24, 2.45) is 0 Å². The molecule has 2 aromatic rings. The Morgan fingerprint density at radius 1 is 1.41 bits per heavy atom. The zero-order valence-electron chi connectivity index (χ0n) is 9.30. The molecular formula is C12H12N2O3. The Bertz CT molecular complexity index is 534. The summed E-state index contributed by atoms with van der Waals surface area (Å²) in [7, 11) is 0. The zero-order valence-corrected chi connectivity index (χ0v) is 9.30. The van der Waals surface area contributed by atoms with Gasteiger partial charge in [0.2, 0.25) is 5.76 Å². The molecule has 0 atom stereocenters. The number of carbonyl (C=O) groups is 1. The highest BCUT2D eigenvalue weighted by molar-refractivity contribution is 5.84. The van der Waals surface area contributed by atoms with E-state index in [0.717, 1.165) is 11.4 Å². The van der Waals surface area contributed by atoms with E-state index in [4.69, 9.17) is 9.52 Å². The highest BCUT2D eigenvalue weighted by Crippen LogP contribution is 2.14. The number of hydrogen-bond donors (Lipinski definition) is 2. The lowest BCUT2D eigenvalue weighted by Crippen LogP contribution is -2.01. The van der Waals surface area contributed by atoms with Gasteiger partial charge in [-0.15, -0.1) is 0 Å². The van der Waals surface area contributed by atoms with Crippen LogP contribution in [0.1, 0.15) is 21.9 Å². The second kappa shape index (κ2) is 4.69. The van der Waals surface area contributed by atoms with Gasteiger partial charge in [-0.2, -0.15) is 0 Å². The monoisotopic (exact) mass is 232 g/mol. The Morgan fingerprint density at radius 3 is 2.88 bits per heavy atom. The summed E-state index contributed by atoms with van der Waals surface area (Å²) in [5.74, 6) is -0.734. The predicted octanol–water partition coefficient (Wildman–Crippen LogP) is 2.29. The van der Waals surface area contributed by atoms with Gasteiger partial charge < -0.3 is 14.8 Å². The molecule has 0 spiro atoms. The number of aromatic nitrogens is 1. The van der Waals surface area contributed by atoms with Crippen molar-refractivity contribution < 1.29 is 14.3 Å². The molecule has 0 saturated heterocycles. The summed E-state index contributed by atoms with van der Waals surface area (Å²) in [5, 5.41) is 11.7. The number of aryl methyl sites for hydroxylation is 1. The Kier molecular flexibility index (Phi) is 3.09. The Labute approximate surface area is 98.1 Å². The van der Waals surface area contributed by atoms with Gasteiger partial charge in [0, 0.05) is 11.8 Å². The fourth-order valence-electron chi connectivity index (χ4n) is 1.42. The first kappa shape index (κ1) is 11.2. The normalized spacial score (nSPS) is 10.2. The van der Waals surface area contributed by atoms with E-state index in [0.29, 0.717) is 12.4 Å². The molecule has 0 bridgehead atoms. The van der Waals surface area contributed by atoms with Crippen LogP contribution < -0.4 is 5.32 Å². The fourth-order valence-corrected chi connectivity index (χ4v) is 1.42. The highest BCUT2D eigenvalue weighted by Gasteiger charge is 2.08. The van der Waals surface area contributed by atoms with Gasteiger partial charge in [0.25, 0.3) is 0 Å². The summed E-state index contributed by atoms with van der Waals surface area (Å²) in [6.07, 6.45) is 0. The second-order valence-electron chi connectivity index (χ2n) is 3.59. The van der Waals surface area contributed by atoms with Crippen LogP contribution in [0.3, 0.4) is 0 Å². The lowest BCUT2D eigenvalue weighted by atomic mass is 10.3. The Balaban J connectivity index is 2.00. The van der Waals surface area contributed by atoms with E-state index >= 15 is 0 Å². The minimum Gasteiger partial charge on any atom is -0.475 e. The number of carboxylic acid groups (broad SMARTS) is 1. The molecule has 0 amide bonds. The van der Waals surface area contributed by atoms with E-state index < -0.39 is 5.97 Å². The molecule has 88 valence electrons. The molecule has 0 aliphatic carbocycles. The van der Waals surface area contributed by atoms with Gasteiger partial charge in [0.1, 0.15) is 0 Å². The average Bonchev–Trinajstić information content (AvgIpc) is 2.75. The van der Waals surface area contributed by atoms with Crippen LogP contribution in [0.4, 0.5) is 5.88 Å². The molecule has 5 nitrogen and oxygen atoms in total. The predicted molar refractivity (Wildman–Crippen MR) is 62.0 cm³/mol. The van der Waals surface area contributed by atoms with Crippen molar-refractivity contribution in [3.8, 4) is 0 Å². The quantitative estimate of drug-likeness (QED) is 0.845. The number of anilines is 1. The summed E-state index contributed by atoms with van der Waals surface area (Å²) in [4.78, 5) is 14.9. The van der Waals surface area contributed by atoms with Crippen molar-refractivity contribution in [1.29, 1.82) is 0 Å². The van der Waals surface area contributed by atoms with Crippen LogP contribution in [-0.2, 0) is 6.54 Å². The Hall–Kier alpha value is -2.30. The number of hydrogen-bond acceptors (Lipinski definition) is 4. The van der Waals surface area contributed by atoms with Gasteiger partial charge >= 0.3 is 5.97 Å². The molecule has 0 unspecified atom stereocenters. The minimum absolute atomic E-state index is 0.0790. The molecule has 0 fully saturated rings. The maximum Gasteiger partial charge on any atom is 0.371 e. The third-order valence-electron chi connectivity index (χ3n) is 2.21. The van der Waals surface area contributed by atoms with E-state index in [1.54, 1.807) is 6.07 Å². The topological polar surface area (TPSA) is 75.4 Å². The molecular weight excluding hydrogens is 220 g/mol. The van der Waals surface area contributed by atoms with Crippen molar-refractivity contribution in [3.63, 3.8) is 0 Å². The minimum atomic E-state index is -1.08. The number of carboxylic acids is 1. The van der Waals surface area contributed by atoms with E-state index in [1.807, 2.05) is 25.1 Å². The summed E-state index contributed by atoms with van der Waals surface area (Å²) < 4.78 is 5.06. The largest absolute Gasteiger partial charge is 0.475 e. The lowest BCUT2D eigenvalue weighted by molar-refractivity contribution is 0.0663. The maximum absolute atomic E-state index is 10.6. The van der Waals surface area contributed by atoms with Crippen LogP contribution in [0.2, 0.25) is 0 Å². The molecule has 2 aromatic heterocycles. The molecule has 2 N–H and O–H groups in total. The van der Waals surface area contributed by atoms with Crippen molar-refractivity contribution in [2.75, 3.05) is 5.32 Å². The molecule has 0 aromatic carbocycles. The van der Waals surface area contributed by atoms with Crippen molar-refractivity contribution in [2.45, 2.75) is 13.5 Å². The highest BCUT2D eigenvalue weighted by atomic mass is 16.4. The van der Waals surface area contributed by atoms with Crippen molar-refractivity contribution >= 4 is 11.9 Å². The fraction of sp³-hybridized carbons (Fsp3) is 0.167. The van der Waals surface area contributed by atoms with E-state index in [9.17, 15) is 4.79 Å². The van der Waals surface area contributed by atoms with Gasteiger partial charge in [-0.3, -0.25) is 4.98 Å². The molecule has 0 aliphatic rings. The van der Waals surface area contributed by atoms with Gasteiger partial charge in [0.05, 0.1) is 12.2 Å². The smallest absolute Gasteiger partial charge is 0.371 e. The van der Waals surface area contributed by atoms with Crippen molar-refractivity contribution in [3.05, 3.63) is 47.5 Å². The number of pyridine rings is 1. The number of furan rings is 1. The first-order valence-electron chi connectivity index (χ1n) is 5.15. The van der Waals surface area contributed by atoms with Gasteiger partial charge in [-0.05, 0) is 25.1 Å². The number of nitrogens with zero attached hydrogens (tertiary/aromatic N) is 1. The van der Waals surface area contributed by atoms with Gasteiger partial charge in [-0.1, -0.05) is 6.07 Å².